The predicted molar refractivity (Wildman–Crippen MR) is 117 cm³/mol. The summed E-state index contributed by atoms with van der Waals surface area (Å²) in [7, 11) is -3.04. The molecule has 1 saturated heterocycles. The summed E-state index contributed by atoms with van der Waals surface area (Å²) >= 11 is 0. The Balaban J connectivity index is 0. The van der Waals surface area contributed by atoms with Gasteiger partial charge in [-0.25, -0.2) is 8.42 Å². The first kappa shape index (κ1) is 27.1. The van der Waals surface area contributed by atoms with Gasteiger partial charge in [0, 0.05) is 32.7 Å². The van der Waals surface area contributed by atoms with Gasteiger partial charge in [-0.05, 0) is 18.1 Å². The molecule has 1 aliphatic rings. The lowest BCUT2D eigenvalue weighted by molar-refractivity contribution is 0.182. The minimum Gasteiger partial charge on any atom is -0.296 e. The van der Waals surface area contributed by atoms with Crippen LogP contribution in [0.25, 0.3) is 6.08 Å². The number of nitrogens with zero attached hydrogens (tertiary/aromatic N) is 2. The van der Waals surface area contributed by atoms with Crippen LogP contribution in [0.4, 0.5) is 0 Å². The molecule has 1 aromatic rings. The number of piperazine rings is 1. The summed E-state index contributed by atoms with van der Waals surface area (Å²) in [4.78, 5) is 2.30. The van der Waals surface area contributed by atoms with Crippen molar-refractivity contribution in [3.8, 4) is 0 Å². The maximum atomic E-state index is 11.5. The smallest absolute Gasteiger partial charge is 0.211 e. The highest BCUT2D eigenvalue weighted by molar-refractivity contribution is 7.88. The molecular weight excluding hydrogens is 344 g/mol. The van der Waals surface area contributed by atoms with Crippen LogP contribution in [0, 0.1) is 0 Å². The molecule has 0 amide bonds. The molecule has 0 saturated carbocycles. The van der Waals surface area contributed by atoms with E-state index in [0.717, 1.165) is 19.6 Å². The monoisotopic (exact) mass is 384 g/mol. The molecule has 1 aromatic carbocycles. The van der Waals surface area contributed by atoms with Gasteiger partial charge in [0.1, 0.15) is 0 Å². The summed E-state index contributed by atoms with van der Waals surface area (Å²) in [5.41, 5.74) is 2.48. The van der Waals surface area contributed by atoms with Gasteiger partial charge >= 0.3 is 0 Å². The summed E-state index contributed by atoms with van der Waals surface area (Å²) in [6, 6.07) is 8.50. The van der Waals surface area contributed by atoms with Gasteiger partial charge in [0.05, 0.1) is 6.26 Å². The fourth-order valence-electron chi connectivity index (χ4n) is 2.40. The number of benzene rings is 1. The van der Waals surface area contributed by atoms with E-state index in [4.69, 9.17) is 0 Å². The second kappa shape index (κ2) is 16.0. The predicted octanol–water partition coefficient (Wildman–Crippen LogP) is 4.88. The van der Waals surface area contributed by atoms with Gasteiger partial charge < -0.3 is 0 Å². The summed E-state index contributed by atoms with van der Waals surface area (Å²) in [5.74, 6) is 0. The molecule has 0 N–H and O–H groups in total. The van der Waals surface area contributed by atoms with Gasteiger partial charge in [0.15, 0.2) is 0 Å². The first-order chi connectivity index (χ1) is 12.5. The molecule has 0 radical (unpaired) electrons. The van der Waals surface area contributed by atoms with Crippen molar-refractivity contribution in [2.24, 2.45) is 0 Å². The highest BCUT2D eigenvalue weighted by Gasteiger charge is 2.23. The highest BCUT2D eigenvalue weighted by Crippen LogP contribution is 2.12. The van der Waals surface area contributed by atoms with E-state index in [0.29, 0.717) is 13.1 Å². The van der Waals surface area contributed by atoms with Gasteiger partial charge in [-0.2, -0.15) is 4.31 Å². The van der Waals surface area contributed by atoms with E-state index >= 15 is 0 Å². The number of sulfonamides is 1. The molecule has 1 aliphatic heterocycles. The normalized spacial score (nSPS) is 15.1. The Morgan fingerprint density at radius 2 is 1.35 bits per heavy atom. The highest BCUT2D eigenvalue weighted by atomic mass is 32.2. The molecule has 1 fully saturated rings. The fraction of sp³-hybridized carbons (Fsp3) is 0.619. The largest absolute Gasteiger partial charge is 0.296 e. The Bertz CT molecular complexity index is 558. The van der Waals surface area contributed by atoms with Gasteiger partial charge in [-0.3, -0.25) is 4.90 Å². The zero-order chi connectivity index (χ0) is 20.6. The van der Waals surface area contributed by atoms with Gasteiger partial charge in [-0.15, -0.1) is 0 Å². The van der Waals surface area contributed by atoms with E-state index in [-0.39, 0.29) is 0 Å². The van der Waals surface area contributed by atoms with Crippen molar-refractivity contribution in [2.45, 2.75) is 55.0 Å². The van der Waals surface area contributed by atoms with Gasteiger partial charge in [0.2, 0.25) is 10.0 Å². The molecule has 0 aromatic heterocycles. The summed E-state index contributed by atoms with van der Waals surface area (Å²) < 4.78 is 24.5. The van der Waals surface area contributed by atoms with Crippen LogP contribution in [-0.4, -0.2) is 50.1 Å². The van der Waals surface area contributed by atoms with Crippen molar-refractivity contribution in [1.29, 1.82) is 0 Å². The van der Waals surface area contributed by atoms with E-state index in [2.05, 4.69) is 35.2 Å². The second-order valence-electron chi connectivity index (χ2n) is 5.18. The molecule has 0 aliphatic carbocycles. The number of rotatable bonds is 4. The lowest BCUT2D eigenvalue weighted by Crippen LogP contribution is -2.47. The SMILES string of the molecule is C/C=C/c1ccc(CN2CCN(S(C)(=O)=O)CC2)cc1.CC.CC.CC. The van der Waals surface area contributed by atoms with Gasteiger partial charge in [0.25, 0.3) is 0 Å². The van der Waals surface area contributed by atoms with Crippen molar-refractivity contribution in [1.82, 2.24) is 9.21 Å². The van der Waals surface area contributed by atoms with Crippen LogP contribution in [0.1, 0.15) is 59.6 Å². The minimum atomic E-state index is -3.04. The molecule has 152 valence electrons. The van der Waals surface area contributed by atoms with Gasteiger partial charge in [-0.1, -0.05) is 78.0 Å². The first-order valence-corrected chi connectivity index (χ1v) is 11.7. The molecule has 5 heteroatoms. The standard InChI is InChI=1S/C15H22N2O2S.3C2H6/c1-3-4-14-5-7-15(8-6-14)13-16-9-11-17(12-10-16)20(2,18)19;3*1-2/h3-8H,9-13H2,1-2H3;3*1-2H3/b4-3+;;;. The van der Waals surface area contributed by atoms with Crippen molar-refractivity contribution < 1.29 is 8.42 Å². The Morgan fingerprint density at radius 3 is 1.73 bits per heavy atom. The zero-order valence-corrected chi connectivity index (χ0v) is 18.9. The third-order valence-corrected chi connectivity index (χ3v) is 4.85. The second-order valence-corrected chi connectivity index (χ2v) is 7.16. The molecule has 0 bridgehead atoms. The summed E-state index contributed by atoms with van der Waals surface area (Å²) in [6.07, 6.45) is 5.39. The Hall–Kier alpha value is -1.17. The fourth-order valence-corrected chi connectivity index (χ4v) is 3.23. The average Bonchev–Trinajstić information content (AvgIpc) is 2.68. The van der Waals surface area contributed by atoms with Crippen LogP contribution in [0.3, 0.4) is 0 Å². The van der Waals surface area contributed by atoms with E-state index in [1.165, 1.54) is 17.4 Å². The summed E-state index contributed by atoms with van der Waals surface area (Å²) in [5, 5.41) is 0. The number of hydrogen-bond acceptors (Lipinski definition) is 3. The van der Waals surface area contributed by atoms with Crippen LogP contribution in [-0.2, 0) is 16.6 Å². The van der Waals surface area contributed by atoms with Crippen LogP contribution in [0.15, 0.2) is 30.3 Å². The third kappa shape index (κ3) is 10.7. The molecule has 0 unspecified atom stereocenters. The van der Waals surface area contributed by atoms with Crippen molar-refractivity contribution in [3.63, 3.8) is 0 Å². The summed E-state index contributed by atoms with van der Waals surface area (Å²) in [6.45, 7) is 17.7. The first-order valence-electron chi connectivity index (χ1n) is 9.88. The van der Waals surface area contributed by atoms with Crippen LogP contribution in [0.2, 0.25) is 0 Å². The number of allylic oxidation sites excluding steroid dienone is 1. The molecule has 0 spiro atoms. The Kier molecular flexibility index (Phi) is 16.7. The van der Waals surface area contributed by atoms with Crippen LogP contribution >= 0.6 is 0 Å². The number of hydrogen-bond donors (Lipinski definition) is 0. The molecule has 2 rings (SSSR count). The van der Waals surface area contributed by atoms with Crippen LogP contribution < -0.4 is 0 Å². The van der Waals surface area contributed by atoms with E-state index < -0.39 is 10.0 Å². The van der Waals surface area contributed by atoms with E-state index in [9.17, 15) is 8.42 Å². The van der Waals surface area contributed by atoms with Crippen LogP contribution in [0.5, 0.6) is 0 Å². The average molecular weight is 385 g/mol. The van der Waals surface area contributed by atoms with Crippen molar-refractivity contribution in [2.75, 3.05) is 32.4 Å². The minimum absolute atomic E-state index is 0.593. The maximum absolute atomic E-state index is 11.5. The zero-order valence-electron chi connectivity index (χ0n) is 18.1. The quantitative estimate of drug-likeness (QED) is 0.743. The van der Waals surface area contributed by atoms with E-state index in [1.807, 2.05) is 54.5 Å². The molecule has 4 nitrogen and oxygen atoms in total. The molecular formula is C21H40N2O2S. The Morgan fingerprint density at radius 1 is 0.885 bits per heavy atom. The Labute approximate surface area is 163 Å². The molecule has 0 atom stereocenters. The lowest BCUT2D eigenvalue weighted by Gasteiger charge is -2.33. The molecule has 26 heavy (non-hydrogen) atoms. The van der Waals surface area contributed by atoms with Crippen molar-refractivity contribution in [3.05, 3.63) is 41.5 Å². The van der Waals surface area contributed by atoms with Crippen molar-refractivity contribution >= 4 is 16.1 Å². The topological polar surface area (TPSA) is 40.6 Å². The lowest BCUT2D eigenvalue weighted by atomic mass is 10.1. The van der Waals surface area contributed by atoms with E-state index in [1.54, 1.807) is 4.31 Å². The molecule has 1 heterocycles. The third-order valence-electron chi connectivity index (χ3n) is 3.55. The maximum Gasteiger partial charge on any atom is 0.211 e.